The van der Waals surface area contributed by atoms with Crippen LogP contribution in [0.4, 0.5) is 5.69 Å². The van der Waals surface area contributed by atoms with Crippen LogP contribution < -0.4 is 0 Å². The van der Waals surface area contributed by atoms with Crippen LogP contribution in [0.25, 0.3) is 0 Å². The van der Waals surface area contributed by atoms with Crippen LogP contribution in [-0.4, -0.2) is 10.7 Å². The third kappa shape index (κ3) is 2.79. The standard InChI is InChI=1S/C13H9NO3.H3P/c15-13(10-6-2-1-3-7-10)11-8-4-5-9-12(11)14(16)17;/h1-9H;1H3. The molecular weight excluding hydrogens is 249 g/mol. The smallest absolute Gasteiger partial charge is 0.280 e. The van der Waals surface area contributed by atoms with E-state index in [-0.39, 0.29) is 26.9 Å². The maximum Gasteiger partial charge on any atom is 0.280 e. The van der Waals surface area contributed by atoms with Crippen LogP contribution in [0.15, 0.2) is 54.6 Å². The lowest BCUT2D eigenvalue weighted by molar-refractivity contribution is -0.385. The first-order chi connectivity index (χ1) is 8.20. The van der Waals surface area contributed by atoms with Crippen molar-refractivity contribution in [2.45, 2.75) is 0 Å². The summed E-state index contributed by atoms with van der Waals surface area (Å²) in [4.78, 5) is 22.3. The van der Waals surface area contributed by atoms with E-state index >= 15 is 0 Å². The van der Waals surface area contributed by atoms with Crippen molar-refractivity contribution in [1.82, 2.24) is 0 Å². The van der Waals surface area contributed by atoms with Gasteiger partial charge in [0.05, 0.1) is 4.92 Å². The molecule has 0 saturated heterocycles. The number of benzene rings is 2. The second-order valence-electron chi connectivity index (χ2n) is 3.47. The van der Waals surface area contributed by atoms with Crippen molar-refractivity contribution in [3.8, 4) is 0 Å². The highest BCUT2D eigenvalue weighted by molar-refractivity contribution is 6.92. The highest BCUT2D eigenvalue weighted by Crippen LogP contribution is 2.20. The molecule has 2 rings (SSSR count). The average Bonchev–Trinajstić information content (AvgIpc) is 2.39. The maximum absolute atomic E-state index is 12.1. The number of para-hydroxylation sites is 1. The van der Waals surface area contributed by atoms with Gasteiger partial charge in [0.1, 0.15) is 5.56 Å². The summed E-state index contributed by atoms with van der Waals surface area (Å²) in [5, 5.41) is 10.8. The van der Waals surface area contributed by atoms with E-state index in [1.165, 1.54) is 12.1 Å². The number of hydrogen-bond donors (Lipinski definition) is 0. The molecule has 1 atom stereocenters. The highest BCUT2D eigenvalue weighted by Gasteiger charge is 2.19. The van der Waals surface area contributed by atoms with Crippen LogP contribution >= 0.6 is 9.90 Å². The first kappa shape index (κ1) is 14.0. The molecule has 18 heavy (non-hydrogen) atoms. The molecule has 4 nitrogen and oxygen atoms in total. The number of hydrogen-bond acceptors (Lipinski definition) is 3. The molecule has 2 aromatic rings. The number of carbonyl (C=O) groups excluding carboxylic acids is 1. The van der Waals surface area contributed by atoms with Gasteiger partial charge in [-0.25, -0.2) is 0 Å². The zero-order valence-corrected chi connectivity index (χ0v) is 11.0. The lowest BCUT2D eigenvalue weighted by Gasteiger charge is -2.01. The van der Waals surface area contributed by atoms with Crippen molar-refractivity contribution in [3.63, 3.8) is 0 Å². The van der Waals surface area contributed by atoms with Crippen molar-refractivity contribution in [3.05, 3.63) is 75.8 Å². The van der Waals surface area contributed by atoms with Gasteiger partial charge in [-0.15, -0.1) is 0 Å². The quantitative estimate of drug-likeness (QED) is 0.369. The van der Waals surface area contributed by atoms with Crippen molar-refractivity contribution in [1.29, 1.82) is 0 Å². The van der Waals surface area contributed by atoms with Crippen LogP contribution in [0, 0.1) is 10.1 Å². The first-order valence-corrected chi connectivity index (χ1v) is 5.03. The van der Waals surface area contributed by atoms with E-state index in [1.54, 1.807) is 42.5 Å². The fourth-order valence-corrected chi connectivity index (χ4v) is 1.57. The molecule has 0 saturated carbocycles. The lowest BCUT2D eigenvalue weighted by atomic mass is 10.0. The van der Waals surface area contributed by atoms with E-state index in [9.17, 15) is 14.9 Å². The maximum atomic E-state index is 12.1. The minimum Gasteiger partial charge on any atom is -0.288 e. The van der Waals surface area contributed by atoms with Crippen LogP contribution in [-0.2, 0) is 0 Å². The Labute approximate surface area is 107 Å². The van der Waals surface area contributed by atoms with E-state index in [0.717, 1.165) is 0 Å². The zero-order chi connectivity index (χ0) is 12.3. The summed E-state index contributed by atoms with van der Waals surface area (Å²) in [7, 11) is 0. The van der Waals surface area contributed by atoms with Crippen molar-refractivity contribution in [2.75, 3.05) is 0 Å². The molecule has 5 heteroatoms. The second kappa shape index (κ2) is 6.03. The Kier molecular flexibility index (Phi) is 4.69. The molecular formula is C13H12NO3P. The van der Waals surface area contributed by atoms with Gasteiger partial charge in [-0.2, -0.15) is 9.90 Å². The SMILES string of the molecule is O=C(c1ccccc1)c1ccccc1[N+](=O)[O-].P. The molecule has 1 unspecified atom stereocenters. The number of ketones is 1. The predicted molar refractivity (Wildman–Crippen MR) is 74.1 cm³/mol. The third-order valence-electron chi connectivity index (χ3n) is 2.38. The fourth-order valence-electron chi connectivity index (χ4n) is 1.57. The van der Waals surface area contributed by atoms with E-state index < -0.39 is 4.92 Å². The number of rotatable bonds is 3. The number of nitro groups is 1. The van der Waals surface area contributed by atoms with Crippen LogP contribution in [0.5, 0.6) is 0 Å². The fraction of sp³-hybridized carbons (Fsp3) is 0. The molecule has 0 aliphatic heterocycles. The van der Waals surface area contributed by atoms with Gasteiger partial charge in [0, 0.05) is 11.6 Å². The summed E-state index contributed by atoms with van der Waals surface area (Å²) >= 11 is 0. The van der Waals surface area contributed by atoms with E-state index in [0.29, 0.717) is 5.56 Å². The average molecular weight is 261 g/mol. The van der Waals surface area contributed by atoms with Crippen LogP contribution in [0.2, 0.25) is 0 Å². The number of nitrogens with zero attached hydrogens (tertiary/aromatic N) is 1. The normalized spacial score (nSPS) is 9.33. The van der Waals surface area contributed by atoms with E-state index in [1.807, 2.05) is 0 Å². The molecule has 0 heterocycles. The molecule has 2 aromatic carbocycles. The summed E-state index contributed by atoms with van der Waals surface area (Å²) in [5.41, 5.74) is 0.395. The minimum absolute atomic E-state index is 0. The van der Waals surface area contributed by atoms with Gasteiger partial charge >= 0.3 is 0 Å². The van der Waals surface area contributed by atoms with E-state index in [4.69, 9.17) is 0 Å². The summed E-state index contributed by atoms with van der Waals surface area (Å²) < 4.78 is 0. The Balaban J connectivity index is 0.00000162. The van der Waals surface area contributed by atoms with Crippen molar-refractivity contribution >= 4 is 21.4 Å². The molecule has 0 aromatic heterocycles. The van der Waals surface area contributed by atoms with Gasteiger partial charge in [0.15, 0.2) is 5.78 Å². The minimum atomic E-state index is -0.545. The summed E-state index contributed by atoms with van der Waals surface area (Å²) in [6.45, 7) is 0. The molecule has 0 amide bonds. The Morgan fingerprint density at radius 3 is 2.11 bits per heavy atom. The van der Waals surface area contributed by atoms with Crippen molar-refractivity contribution < 1.29 is 9.72 Å². The molecule has 92 valence electrons. The first-order valence-electron chi connectivity index (χ1n) is 5.03. The van der Waals surface area contributed by atoms with Gasteiger partial charge in [0.2, 0.25) is 0 Å². The molecule has 0 aliphatic rings. The molecule has 0 bridgehead atoms. The summed E-state index contributed by atoms with van der Waals surface area (Å²) in [6, 6.07) is 14.5. The number of nitro benzene ring substituents is 1. The monoisotopic (exact) mass is 261 g/mol. The number of carbonyl (C=O) groups is 1. The van der Waals surface area contributed by atoms with Gasteiger partial charge in [-0.05, 0) is 6.07 Å². The second-order valence-corrected chi connectivity index (χ2v) is 3.47. The van der Waals surface area contributed by atoms with Gasteiger partial charge < -0.3 is 0 Å². The largest absolute Gasteiger partial charge is 0.288 e. The molecule has 0 N–H and O–H groups in total. The van der Waals surface area contributed by atoms with Crippen molar-refractivity contribution in [2.24, 2.45) is 0 Å². The topological polar surface area (TPSA) is 60.2 Å². The Bertz CT molecular complexity index is 569. The Morgan fingerprint density at radius 1 is 0.944 bits per heavy atom. The van der Waals surface area contributed by atoms with Gasteiger partial charge in [-0.1, -0.05) is 42.5 Å². The Hall–Kier alpha value is -2.06. The third-order valence-corrected chi connectivity index (χ3v) is 2.38. The van der Waals surface area contributed by atoms with Crippen LogP contribution in [0.3, 0.4) is 0 Å². The van der Waals surface area contributed by atoms with Gasteiger partial charge in [0.25, 0.3) is 5.69 Å². The molecule has 0 radical (unpaired) electrons. The Morgan fingerprint density at radius 2 is 1.50 bits per heavy atom. The summed E-state index contributed by atoms with van der Waals surface area (Å²) in [5.74, 6) is -0.335. The van der Waals surface area contributed by atoms with Gasteiger partial charge in [-0.3, -0.25) is 14.9 Å². The molecule has 0 aliphatic carbocycles. The molecule has 0 fully saturated rings. The highest BCUT2D eigenvalue weighted by atomic mass is 31.0. The van der Waals surface area contributed by atoms with Crippen LogP contribution in [0.1, 0.15) is 15.9 Å². The lowest BCUT2D eigenvalue weighted by Crippen LogP contribution is -2.04. The predicted octanol–water partition coefficient (Wildman–Crippen LogP) is 2.88. The molecule has 0 spiro atoms. The summed E-state index contributed by atoms with van der Waals surface area (Å²) in [6.07, 6.45) is 0. The van der Waals surface area contributed by atoms with E-state index in [2.05, 4.69) is 0 Å². The zero-order valence-electron chi connectivity index (χ0n) is 9.58.